The van der Waals surface area contributed by atoms with Crippen molar-refractivity contribution in [3.8, 4) is 0 Å². The van der Waals surface area contributed by atoms with Crippen LogP contribution >= 0.6 is 0 Å². The van der Waals surface area contributed by atoms with Crippen LogP contribution in [-0.4, -0.2) is 81.4 Å². The first-order valence-electron chi connectivity index (χ1n) is 5.49. The normalized spacial score (nSPS) is 13.7. The van der Waals surface area contributed by atoms with Gasteiger partial charge in [-0.2, -0.15) is 0 Å². The third-order valence-corrected chi connectivity index (χ3v) is 2.40. The fourth-order valence-corrected chi connectivity index (χ4v) is 1.57. The smallest absolute Gasteiger partial charge is 0.323 e. The lowest BCUT2D eigenvalue weighted by Crippen LogP contribution is -2.57. The molecule has 2 unspecified atom stereocenters. The molecule has 0 spiro atoms. The molecule has 2 atom stereocenters. The molecule has 0 radical (unpaired) electrons. The predicted octanol–water partition coefficient (Wildman–Crippen LogP) is -2.03. The van der Waals surface area contributed by atoms with Gasteiger partial charge < -0.3 is 25.7 Å². The van der Waals surface area contributed by atoms with Gasteiger partial charge in [-0.05, 0) is 7.05 Å². The lowest BCUT2D eigenvalue weighted by Gasteiger charge is -2.28. The van der Waals surface area contributed by atoms with Gasteiger partial charge in [0.15, 0.2) is 0 Å². The van der Waals surface area contributed by atoms with Crippen LogP contribution in [0.5, 0.6) is 0 Å². The molecule has 0 fully saturated rings. The lowest BCUT2D eigenvalue weighted by molar-refractivity contribution is -0.154. The number of likely N-dealkylation sites (N-methyl/N-ethyl adjacent to an activating group) is 1. The first-order valence-corrected chi connectivity index (χ1v) is 5.49. The molecule has 0 aliphatic rings. The Labute approximate surface area is 113 Å². The van der Waals surface area contributed by atoms with E-state index in [9.17, 15) is 19.2 Å². The van der Waals surface area contributed by atoms with Gasteiger partial charge in [0.2, 0.25) is 0 Å². The SMILES string of the molecule is CN(CC(=O)O)C(C(=O)O)C(NCCC(=O)O)C(=O)O. The van der Waals surface area contributed by atoms with Crippen molar-refractivity contribution in [1.29, 1.82) is 0 Å². The summed E-state index contributed by atoms with van der Waals surface area (Å²) in [6.07, 6.45) is -0.390. The highest BCUT2D eigenvalue weighted by Crippen LogP contribution is 2.05. The number of carbonyl (C=O) groups is 4. The Balaban J connectivity index is 4.95. The van der Waals surface area contributed by atoms with Crippen molar-refractivity contribution in [2.24, 2.45) is 0 Å². The van der Waals surface area contributed by atoms with Gasteiger partial charge in [-0.3, -0.25) is 24.1 Å². The van der Waals surface area contributed by atoms with Gasteiger partial charge in [-0.1, -0.05) is 0 Å². The largest absolute Gasteiger partial charge is 0.481 e. The zero-order valence-electron chi connectivity index (χ0n) is 10.6. The van der Waals surface area contributed by atoms with Gasteiger partial charge in [-0.15, -0.1) is 0 Å². The molecule has 0 aromatic carbocycles. The average molecular weight is 292 g/mol. The number of aliphatic carboxylic acids is 4. The van der Waals surface area contributed by atoms with E-state index in [1.807, 2.05) is 0 Å². The van der Waals surface area contributed by atoms with Gasteiger partial charge in [0.25, 0.3) is 0 Å². The van der Waals surface area contributed by atoms with E-state index in [2.05, 4.69) is 5.32 Å². The molecule has 114 valence electrons. The molecule has 20 heavy (non-hydrogen) atoms. The summed E-state index contributed by atoms with van der Waals surface area (Å²) < 4.78 is 0. The molecule has 0 saturated carbocycles. The van der Waals surface area contributed by atoms with E-state index in [1.54, 1.807) is 0 Å². The summed E-state index contributed by atoms with van der Waals surface area (Å²) in [5.74, 6) is -5.52. The summed E-state index contributed by atoms with van der Waals surface area (Å²) in [4.78, 5) is 43.9. The highest BCUT2D eigenvalue weighted by molar-refractivity contribution is 5.85. The second-order valence-electron chi connectivity index (χ2n) is 4.01. The third-order valence-electron chi connectivity index (χ3n) is 2.40. The Kier molecular flexibility index (Phi) is 7.18. The molecule has 0 aliphatic carbocycles. The molecule has 0 aromatic heterocycles. The van der Waals surface area contributed by atoms with E-state index < -0.39 is 48.9 Å². The van der Waals surface area contributed by atoms with Crippen LogP contribution < -0.4 is 5.32 Å². The zero-order chi connectivity index (χ0) is 15.9. The van der Waals surface area contributed by atoms with Crippen molar-refractivity contribution in [2.75, 3.05) is 20.1 Å². The number of carboxylic acid groups (broad SMARTS) is 4. The van der Waals surface area contributed by atoms with E-state index in [0.29, 0.717) is 0 Å². The third kappa shape index (κ3) is 6.11. The van der Waals surface area contributed by atoms with E-state index in [1.165, 1.54) is 0 Å². The van der Waals surface area contributed by atoms with Crippen molar-refractivity contribution in [1.82, 2.24) is 10.2 Å². The maximum absolute atomic E-state index is 11.1. The van der Waals surface area contributed by atoms with Crippen molar-refractivity contribution in [3.63, 3.8) is 0 Å². The molecule has 0 aliphatic heterocycles. The number of hydrogen-bond donors (Lipinski definition) is 5. The molecule has 10 heteroatoms. The van der Waals surface area contributed by atoms with Crippen molar-refractivity contribution >= 4 is 23.9 Å². The van der Waals surface area contributed by atoms with Crippen LogP contribution in [0.15, 0.2) is 0 Å². The average Bonchev–Trinajstić information content (AvgIpc) is 2.24. The molecule has 0 rings (SSSR count). The Bertz CT molecular complexity index is 397. The molecule has 0 aromatic rings. The van der Waals surface area contributed by atoms with E-state index in [0.717, 1.165) is 11.9 Å². The molecular weight excluding hydrogens is 276 g/mol. The van der Waals surface area contributed by atoms with Gasteiger partial charge in [0, 0.05) is 6.54 Å². The first-order chi connectivity index (χ1) is 9.16. The van der Waals surface area contributed by atoms with Crippen molar-refractivity contribution in [3.05, 3.63) is 0 Å². The summed E-state index contributed by atoms with van der Waals surface area (Å²) in [6.45, 7) is -0.918. The Hall–Kier alpha value is -2.20. The fraction of sp³-hybridized carbons (Fsp3) is 0.600. The van der Waals surface area contributed by atoms with E-state index in [4.69, 9.17) is 20.4 Å². The van der Waals surface area contributed by atoms with E-state index in [-0.39, 0.29) is 6.54 Å². The fourth-order valence-electron chi connectivity index (χ4n) is 1.57. The number of nitrogens with zero attached hydrogens (tertiary/aromatic N) is 1. The first kappa shape index (κ1) is 17.8. The van der Waals surface area contributed by atoms with Crippen LogP contribution in [0.3, 0.4) is 0 Å². The topological polar surface area (TPSA) is 164 Å². The van der Waals surface area contributed by atoms with Crippen LogP contribution in [0.25, 0.3) is 0 Å². The summed E-state index contributed by atoms with van der Waals surface area (Å²) in [5, 5.41) is 37.4. The number of rotatable bonds is 10. The highest BCUT2D eigenvalue weighted by Gasteiger charge is 2.37. The molecule has 0 saturated heterocycles. The summed E-state index contributed by atoms with van der Waals surface area (Å²) >= 11 is 0. The van der Waals surface area contributed by atoms with Crippen molar-refractivity contribution < 1.29 is 39.6 Å². The van der Waals surface area contributed by atoms with Crippen LogP contribution in [0.1, 0.15) is 6.42 Å². The van der Waals surface area contributed by atoms with Crippen LogP contribution in [0, 0.1) is 0 Å². The summed E-state index contributed by atoms with van der Waals surface area (Å²) in [7, 11) is 1.15. The van der Waals surface area contributed by atoms with Crippen LogP contribution in [0.2, 0.25) is 0 Å². The molecule has 5 N–H and O–H groups in total. The second kappa shape index (κ2) is 8.07. The molecule has 0 amide bonds. The van der Waals surface area contributed by atoms with Crippen LogP contribution in [0.4, 0.5) is 0 Å². The van der Waals surface area contributed by atoms with Gasteiger partial charge >= 0.3 is 23.9 Å². The van der Waals surface area contributed by atoms with E-state index >= 15 is 0 Å². The van der Waals surface area contributed by atoms with Crippen molar-refractivity contribution in [2.45, 2.75) is 18.5 Å². The zero-order valence-corrected chi connectivity index (χ0v) is 10.6. The summed E-state index contributed by atoms with van der Waals surface area (Å²) in [5.41, 5.74) is 0. The molecule has 0 bridgehead atoms. The minimum atomic E-state index is -1.64. The Morgan fingerprint density at radius 3 is 1.90 bits per heavy atom. The lowest BCUT2D eigenvalue weighted by atomic mass is 10.1. The molecule has 0 heterocycles. The van der Waals surface area contributed by atoms with Crippen LogP contribution in [-0.2, 0) is 19.2 Å². The minimum absolute atomic E-state index is 0.253. The monoisotopic (exact) mass is 292 g/mol. The minimum Gasteiger partial charge on any atom is -0.481 e. The number of hydrogen-bond acceptors (Lipinski definition) is 6. The van der Waals surface area contributed by atoms with Gasteiger partial charge in [0.05, 0.1) is 13.0 Å². The number of carboxylic acids is 4. The Morgan fingerprint density at radius 2 is 1.55 bits per heavy atom. The molecule has 10 nitrogen and oxygen atoms in total. The van der Waals surface area contributed by atoms with Gasteiger partial charge in [-0.25, -0.2) is 0 Å². The quantitative estimate of drug-likeness (QED) is 0.303. The standard InChI is InChI=1S/C10H16N2O8/c1-12(4-6(15)16)8(10(19)20)7(9(17)18)11-3-2-5(13)14/h7-8,11H,2-4H2,1H3,(H,13,14)(H,15,16)(H,17,18)(H,19,20). The highest BCUT2D eigenvalue weighted by atomic mass is 16.4. The maximum Gasteiger partial charge on any atom is 0.323 e. The summed E-state index contributed by atoms with van der Waals surface area (Å²) in [6, 6.07) is -3.27. The number of nitrogens with one attached hydrogen (secondary N) is 1. The second-order valence-corrected chi connectivity index (χ2v) is 4.01. The molecular formula is C10H16N2O8. The maximum atomic E-state index is 11.1. The van der Waals surface area contributed by atoms with Gasteiger partial charge in [0.1, 0.15) is 12.1 Å². The predicted molar refractivity (Wildman–Crippen MR) is 63.4 cm³/mol. The Morgan fingerprint density at radius 1 is 1.00 bits per heavy atom.